The van der Waals surface area contributed by atoms with Crippen molar-refractivity contribution < 1.29 is 18.3 Å². The van der Waals surface area contributed by atoms with Gasteiger partial charge in [-0.3, -0.25) is 0 Å². The molecular weight excluding hydrogens is 392 g/mol. The molecule has 0 bridgehead atoms. The monoisotopic (exact) mass is 413 g/mol. The Balaban J connectivity index is 2.38. The molecule has 0 fully saturated rings. The molecule has 0 saturated carbocycles. The molecule has 3 nitrogen and oxygen atoms in total. The largest absolute Gasteiger partial charge is 0.478 e. The number of hydrogen-bond donors (Lipinski definition) is 0. The summed E-state index contributed by atoms with van der Waals surface area (Å²) in [6.07, 6.45) is 3.69. The van der Waals surface area contributed by atoms with Crippen LogP contribution in [-0.4, -0.2) is 18.2 Å². The zero-order valence-corrected chi connectivity index (χ0v) is 16.0. The standard InChI is InChI=1S/C19H22BrF2NO2/c1-3-5-9-24-17-8-7-14(19(23-17)25-10-6-4-2)18-15(21)11-13(20)12-16(18)22/h7-8,11-12H,3-6,9-10H2,1-2H3. The molecule has 0 aliphatic rings. The molecule has 25 heavy (non-hydrogen) atoms. The number of hydrogen-bond acceptors (Lipinski definition) is 3. The number of rotatable bonds is 9. The van der Waals surface area contributed by atoms with E-state index in [4.69, 9.17) is 9.47 Å². The summed E-state index contributed by atoms with van der Waals surface area (Å²) in [5.41, 5.74) is 0.128. The lowest BCUT2D eigenvalue weighted by molar-refractivity contribution is 0.273. The van der Waals surface area contributed by atoms with Gasteiger partial charge in [-0.15, -0.1) is 0 Å². The number of nitrogens with zero attached hydrogens (tertiary/aromatic N) is 1. The second-order valence-corrected chi connectivity index (χ2v) is 6.57. The Labute approximate surface area is 155 Å². The minimum Gasteiger partial charge on any atom is -0.478 e. The van der Waals surface area contributed by atoms with E-state index in [9.17, 15) is 8.78 Å². The molecule has 0 spiro atoms. The third-order valence-electron chi connectivity index (χ3n) is 3.60. The van der Waals surface area contributed by atoms with Crippen LogP contribution in [0.1, 0.15) is 39.5 Å². The summed E-state index contributed by atoms with van der Waals surface area (Å²) in [4.78, 5) is 4.31. The molecule has 0 aliphatic heterocycles. The van der Waals surface area contributed by atoms with E-state index < -0.39 is 11.6 Å². The Morgan fingerprint density at radius 3 is 2.16 bits per heavy atom. The molecule has 0 atom stereocenters. The van der Waals surface area contributed by atoms with Crippen LogP contribution in [0.3, 0.4) is 0 Å². The fraction of sp³-hybridized carbons (Fsp3) is 0.421. The van der Waals surface area contributed by atoms with Crippen molar-refractivity contribution >= 4 is 15.9 Å². The molecule has 0 aliphatic carbocycles. The van der Waals surface area contributed by atoms with Gasteiger partial charge in [-0.1, -0.05) is 42.6 Å². The third-order valence-corrected chi connectivity index (χ3v) is 4.05. The van der Waals surface area contributed by atoms with Crippen molar-refractivity contribution in [2.24, 2.45) is 0 Å². The molecule has 2 aromatic rings. The van der Waals surface area contributed by atoms with Crippen molar-refractivity contribution in [3.8, 4) is 22.9 Å². The van der Waals surface area contributed by atoms with E-state index >= 15 is 0 Å². The molecule has 0 amide bonds. The van der Waals surface area contributed by atoms with Crippen LogP contribution in [0.5, 0.6) is 11.8 Å². The molecule has 0 radical (unpaired) electrons. The van der Waals surface area contributed by atoms with Crippen molar-refractivity contribution in [2.75, 3.05) is 13.2 Å². The van der Waals surface area contributed by atoms with Crippen LogP contribution in [0.25, 0.3) is 11.1 Å². The average molecular weight is 414 g/mol. The van der Waals surface area contributed by atoms with Gasteiger partial charge in [-0.05, 0) is 31.0 Å². The molecule has 0 saturated heterocycles. The van der Waals surface area contributed by atoms with Gasteiger partial charge in [-0.25, -0.2) is 8.78 Å². The highest BCUT2D eigenvalue weighted by molar-refractivity contribution is 9.10. The van der Waals surface area contributed by atoms with Gasteiger partial charge in [0.05, 0.1) is 24.3 Å². The molecule has 1 aromatic heterocycles. The maximum absolute atomic E-state index is 14.3. The number of benzene rings is 1. The lowest BCUT2D eigenvalue weighted by Crippen LogP contribution is -2.05. The average Bonchev–Trinajstić information content (AvgIpc) is 2.56. The van der Waals surface area contributed by atoms with Gasteiger partial charge in [0.2, 0.25) is 11.8 Å². The van der Waals surface area contributed by atoms with Crippen molar-refractivity contribution in [1.29, 1.82) is 0 Å². The topological polar surface area (TPSA) is 31.4 Å². The Bertz CT molecular complexity index is 687. The minimum atomic E-state index is -0.673. The Morgan fingerprint density at radius 1 is 0.960 bits per heavy atom. The summed E-state index contributed by atoms with van der Waals surface area (Å²) in [6, 6.07) is 5.64. The van der Waals surface area contributed by atoms with Gasteiger partial charge in [0.15, 0.2) is 0 Å². The molecular formula is C19H22BrF2NO2. The first-order valence-electron chi connectivity index (χ1n) is 8.48. The first-order valence-corrected chi connectivity index (χ1v) is 9.27. The number of ether oxygens (including phenoxy) is 2. The lowest BCUT2D eigenvalue weighted by Gasteiger charge is -2.14. The number of halogens is 3. The summed E-state index contributed by atoms with van der Waals surface area (Å²) in [5.74, 6) is -0.772. The summed E-state index contributed by atoms with van der Waals surface area (Å²) in [7, 11) is 0. The maximum atomic E-state index is 14.3. The predicted molar refractivity (Wildman–Crippen MR) is 98.1 cm³/mol. The number of aromatic nitrogens is 1. The smallest absolute Gasteiger partial charge is 0.224 e. The van der Waals surface area contributed by atoms with E-state index in [1.807, 2.05) is 6.92 Å². The minimum absolute atomic E-state index is 0.151. The van der Waals surface area contributed by atoms with Crippen LogP contribution in [0.2, 0.25) is 0 Å². The van der Waals surface area contributed by atoms with E-state index in [-0.39, 0.29) is 17.0 Å². The fourth-order valence-electron chi connectivity index (χ4n) is 2.24. The summed E-state index contributed by atoms with van der Waals surface area (Å²) in [5, 5.41) is 0. The summed E-state index contributed by atoms with van der Waals surface area (Å²) >= 11 is 3.09. The molecule has 1 heterocycles. The molecule has 0 N–H and O–H groups in total. The second kappa shape index (κ2) is 9.70. The lowest BCUT2D eigenvalue weighted by atomic mass is 10.1. The zero-order chi connectivity index (χ0) is 18.2. The zero-order valence-electron chi connectivity index (χ0n) is 14.4. The van der Waals surface area contributed by atoms with Crippen LogP contribution >= 0.6 is 15.9 Å². The van der Waals surface area contributed by atoms with Crippen molar-refractivity contribution in [1.82, 2.24) is 4.98 Å². The number of unbranched alkanes of at least 4 members (excludes halogenated alkanes) is 2. The normalized spacial score (nSPS) is 10.8. The molecule has 136 valence electrons. The first kappa shape index (κ1) is 19.6. The van der Waals surface area contributed by atoms with Gasteiger partial charge >= 0.3 is 0 Å². The van der Waals surface area contributed by atoms with E-state index in [2.05, 4.69) is 27.8 Å². The molecule has 2 rings (SSSR count). The quantitative estimate of drug-likeness (QED) is 0.462. The van der Waals surface area contributed by atoms with Gasteiger partial charge in [0, 0.05) is 10.5 Å². The Morgan fingerprint density at radius 2 is 1.56 bits per heavy atom. The molecule has 1 aromatic carbocycles. The van der Waals surface area contributed by atoms with Crippen LogP contribution in [0.15, 0.2) is 28.7 Å². The van der Waals surface area contributed by atoms with Crippen molar-refractivity contribution in [3.05, 3.63) is 40.4 Å². The van der Waals surface area contributed by atoms with Crippen molar-refractivity contribution in [3.63, 3.8) is 0 Å². The van der Waals surface area contributed by atoms with Gasteiger partial charge < -0.3 is 9.47 Å². The Hall–Kier alpha value is -1.69. The van der Waals surface area contributed by atoms with E-state index in [1.165, 1.54) is 12.1 Å². The molecule has 0 unspecified atom stereocenters. The van der Waals surface area contributed by atoms with Crippen LogP contribution < -0.4 is 9.47 Å². The predicted octanol–water partition coefficient (Wildman–Crippen LogP) is 6.15. The SMILES string of the molecule is CCCCOc1ccc(-c2c(F)cc(Br)cc2F)c(OCCCC)n1. The Kier molecular flexibility index (Phi) is 7.62. The van der Waals surface area contributed by atoms with E-state index in [1.54, 1.807) is 12.1 Å². The highest BCUT2D eigenvalue weighted by Crippen LogP contribution is 2.35. The summed E-state index contributed by atoms with van der Waals surface area (Å²) < 4.78 is 40.3. The van der Waals surface area contributed by atoms with Gasteiger partial charge in [0.1, 0.15) is 11.6 Å². The third kappa shape index (κ3) is 5.39. The van der Waals surface area contributed by atoms with E-state index in [0.29, 0.717) is 23.6 Å². The van der Waals surface area contributed by atoms with Crippen molar-refractivity contribution in [2.45, 2.75) is 39.5 Å². The second-order valence-electron chi connectivity index (χ2n) is 5.65. The highest BCUT2D eigenvalue weighted by Gasteiger charge is 2.19. The maximum Gasteiger partial charge on any atom is 0.224 e. The van der Waals surface area contributed by atoms with E-state index in [0.717, 1.165) is 25.7 Å². The molecule has 6 heteroatoms. The van der Waals surface area contributed by atoms with Gasteiger partial charge in [0.25, 0.3) is 0 Å². The highest BCUT2D eigenvalue weighted by atomic mass is 79.9. The van der Waals surface area contributed by atoms with Gasteiger partial charge in [-0.2, -0.15) is 4.98 Å². The van der Waals surface area contributed by atoms with Crippen LogP contribution in [-0.2, 0) is 0 Å². The summed E-state index contributed by atoms with van der Waals surface area (Å²) in [6.45, 7) is 5.07. The number of pyridine rings is 1. The fourth-order valence-corrected chi connectivity index (χ4v) is 2.64. The first-order chi connectivity index (χ1) is 12.1. The van der Waals surface area contributed by atoms with Crippen LogP contribution in [0.4, 0.5) is 8.78 Å². The van der Waals surface area contributed by atoms with Crippen LogP contribution in [0, 0.1) is 11.6 Å².